The first-order valence-corrected chi connectivity index (χ1v) is 16.5. The summed E-state index contributed by atoms with van der Waals surface area (Å²) in [5.41, 5.74) is -0.168. The molecule has 46 heavy (non-hydrogen) atoms. The normalized spacial score (nSPS) is 33.0. The number of carbonyl (C=O) groups is 3. The minimum Gasteiger partial charge on any atom is -0.497 e. The zero-order chi connectivity index (χ0) is 33.1. The van der Waals surface area contributed by atoms with E-state index in [9.17, 15) is 14.4 Å². The van der Waals surface area contributed by atoms with E-state index in [0.29, 0.717) is 53.2 Å². The van der Waals surface area contributed by atoms with E-state index >= 15 is 8.78 Å². The van der Waals surface area contributed by atoms with E-state index in [-0.39, 0.29) is 36.4 Å². The molecule has 250 valence electrons. The Labute approximate surface area is 268 Å². The zero-order valence-corrected chi connectivity index (χ0v) is 27.5. The van der Waals surface area contributed by atoms with Gasteiger partial charge in [-0.3, -0.25) is 4.79 Å². The van der Waals surface area contributed by atoms with E-state index in [1.54, 1.807) is 32.0 Å². The van der Waals surface area contributed by atoms with Crippen molar-refractivity contribution >= 4 is 29.2 Å². The molecule has 2 bridgehead atoms. The first kappa shape index (κ1) is 32.4. The van der Waals surface area contributed by atoms with Gasteiger partial charge in [-0.05, 0) is 73.5 Å². The number of methoxy groups -OCH3 is 1. The molecular formula is C35H45F2N3O6. The van der Waals surface area contributed by atoms with Gasteiger partial charge >= 0.3 is 6.09 Å². The van der Waals surface area contributed by atoms with Crippen LogP contribution in [0.3, 0.4) is 0 Å². The maximum Gasteiger partial charge on any atom is 0.408 e. The number of ether oxygens (including phenoxy) is 3. The number of alkyl halides is 2. The number of nitrogens with one attached hydrogen (secondary N) is 1. The fourth-order valence-electron chi connectivity index (χ4n) is 8.04. The van der Waals surface area contributed by atoms with Crippen LogP contribution < -0.4 is 14.8 Å². The van der Waals surface area contributed by atoms with Gasteiger partial charge in [0.05, 0.1) is 30.8 Å². The number of hydrogen-bond acceptors (Lipinski definition) is 7. The van der Waals surface area contributed by atoms with Crippen LogP contribution in [0.4, 0.5) is 13.6 Å². The van der Waals surface area contributed by atoms with Crippen molar-refractivity contribution in [3.05, 3.63) is 29.3 Å². The summed E-state index contributed by atoms with van der Waals surface area (Å²) in [6, 6.07) is 3.25. The minimum atomic E-state index is -3.25. The molecular weight excluding hydrogens is 596 g/mol. The SMILES string of the molecule is COc1ccc2c(C)c3c(nc2c1)O[C@H]1CN(C(=O)[C@H](C(C)(C)C)NC(=O)O[C@@H]2CC4CC4[C@H]2CCCCC3(F)F)[C@H](C=O)[C@@H]1C. The van der Waals surface area contributed by atoms with E-state index in [2.05, 4.69) is 10.3 Å². The number of alkyl carbamates (subject to hydrolysis) is 1. The number of fused-ring (bicyclic) bond motifs is 7. The Bertz CT molecular complexity index is 1530. The van der Waals surface area contributed by atoms with E-state index in [1.807, 2.05) is 20.8 Å². The van der Waals surface area contributed by atoms with Gasteiger partial charge in [0.25, 0.3) is 5.92 Å². The predicted molar refractivity (Wildman–Crippen MR) is 167 cm³/mol. The van der Waals surface area contributed by atoms with Crippen LogP contribution in [0.25, 0.3) is 10.9 Å². The Morgan fingerprint density at radius 3 is 2.57 bits per heavy atom. The second kappa shape index (κ2) is 11.9. The molecule has 3 heterocycles. The van der Waals surface area contributed by atoms with E-state index in [0.717, 1.165) is 12.8 Å². The third kappa shape index (κ3) is 5.90. The molecule has 2 aliphatic heterocycles. The highest BCUT2D eigenvalue weighted by Gasteiger charge is 2.55. The van der Waals surface area contributed by atoms with Gasteiger partial charge in [-0.25, -0.2) is 18.6 Å². The molecule has 2 saturated carbocycles. The summed E-state index contributed by atoms with van der Waals surface area (Å²) in [5.74, 6) is -2.89. The lowest BCUT2D eigenvalue weighted by atomic mass is 9.85. The summed E-state index contributed by atoms with van der Waals surface area (Å²) in [6.07, 6.45) is 1.84. The van der Waals surface area contributed by atoms with Crippen molar-refractivity contribution < 1.29 is 37.4 Å². The first-order chi connectivity index (χ1) is 21.7. The zero-order valence-electron chi connectivity index (χ0n) is 27.5. The van der Waals surface area contributed by atoms with Crippen molar-refractivity contribution in [1.29, 1.82) is 0 Å². The van der Waals surface area contributed by atoms with Gasteiger partial charge in [-0.2, -0.15) is 0 Å². The highest BCUT2D eigenvalue weighted by Crippen LogP contribution is 2.58. The average molecular weight is 642 g/mol. The molecule has 0 radical (unpaired) electrons. The Hall–Kier alpha value is -3.50. The first-order valence-electron chi connectivity index (χ1n) is 16.5. The highest BCUT2D eigenvalue weighted by atomic mass is 19.3. The number of nitrogens with zero attached hydrogens (tertiary/aromatic N) is 2. The summed E-state index contributed by atoms with van der Waals surface area (Å²) in [6.45, 7) is 8.89. The second-order valence-electron chi connectivity index (χ2n) is 14.8. The van der Waals surface area contributed by atoms with Crippen molar-refractivity contribution in [2.24, 2.45) is 29.1 Å². The lowest BCUT2D eigenvalue weighted by Crippen LogP contribution is -2.56. The third-order valence-corrected chi connectivity index (χ3v) is 10.8. The largest absolute Gasteiger partial charge is 0.497 e. The molecule has 11 heteroatoms. The van der Waals surface area contributed by atoms with Gasteiger partial charge in [-0.15, -0.1) is 0 Å². The maximum absolute atomic E-state index is 16.4. The molecule has 1 aromatic heterocycles. The molecule has 1 saturated heterocycles. The van der Waals surface area contributed by atoms with Crippen LogP contribution in [-0.2, 0) is 20.2 Å². The number of pyridine rings is 1. The van der Waals surface area contributed by atoms with Gasteiger partial charge in [0.15, 0.2) is 0 Å². The number of aryl methyl sites for hydroxylation is 1. The Balaban J connectivity index is 1.42. The number of aromatic nitrogens is 1. The second-order valence-corrected chi connectivity index (χ2v) is 14.8. The van der Waals surface area contributed by atoms with Crippen LogP contribution in [-0.4, -0.2) is 66.1 Å². The maximum atomic E-state index is 16.4. The van der Waals surface area contributed by atoms with Crippen molar-refractivity contribution in [2.45, 2.75) is 103 Å². The van der Waals surface area contributed by atoms with Crippen LogP contribution in [0, 0.1) is 36.0 Å². The van der Waals surface area contributed by atoms with Crippen LogP contribution in [0.5, 0.6) is 11.6 Å². The van der Waals surface area contributed by atoms with Crippen LogP contribution in [0.15, 0.2) is 18.2 Å². The van der Waals surface area contributed by atoms with Crippen molar-refractivity contribution in [3.63, 3.8) is 0 Å². The lowest BCUT2D eigenvalue weighted by molar-refractivity contribution is -0.139. The number of halogens is 2. The molecule has 0 spiro atoms. The van der Waals surface area contributed by atoms with Gasteiger partial charge in [0.1, 0.15) is 30.3 Å². The molecule has 1 aromatic carbocycles. The quantitative estimate of drug-likeness (QED) is 0.391. The number of aldehydes is 1. The molecule has 3 fully saturated rings. The summed E-state index contributed by atoms with van der Waals surface area (Å²) in [5, 5.41) is 3.40. The molecule has 1 N–H and O–H groups in total. The standard InChI is InChI=1S/C35H45F2N3O6/c1-18-22-11-10-21(44-6)15-25(22)38-31-29(18)35(36,37)12-8-7-9-23-24-13-20(24)14-27(23)46-33(43)39-30(34(3,4)5)32(42)40-16-28(45-31)19(2)26(40)17-41/h10-11,15,17,19-20,23-24,26-28,30H,7-9,12-14,16H2,1-6H3,(H,39,43)/t19-,20?,23+,24?,26+,27+,28-,30+/m0/s1. The van der Waals surface area contributed by atoms with Gasteiger partial charge < -0.3 is 29.2 Å². The fourth-order valence-corrected chi connectivity index (χ4v) is 8.04. The predicted octanol–water partition coefficient (Wildman–Crippen LogP) is 6.18. The van der Waals surface area contributed by atoms with E-state index < -0.39 is 53.9 Å². The van der Waals surface area contributed by atoms with Crippen LogP contribution >= 0.6 is 0 Å². The fraction of sp³-hybridized carbons (Fsp3) is 0.657. The molecule has 8 atom stereocenters. The third-order valence-electron chi connectivity index (χ3n) is 10.8. The monoisotopic (exact) mass is 641 g/mol. The van der Waals surface area contributed by atoms with Crippen molar-refractivity contribution in [2.75, 3.05) is 13.7 Å². The Morgan fingerprint density at radius 1 is 1.11 bits per heavy atom. The van der Waals surface area contributed by atoms with Crippen LogP contribution in [0.2, 0.25) is 0 Å². The molecule has 6 rings (SSSR count). The molecule has 2 amide bonds. The lowest BCUT2D eigenvalue weighted by Gasteiger charge is -2.35. The van der Waals surface area contributed by atoms with Crippen molar-refractivity contribution in [3.8, 4) is 11.6 Å². The molecule has 9 nitrogen and oxygen atoms in total. The topological polar surface area (TPSA) is 107 Å². The highest BCUT2D eigenvalue weighted by molar-refractivity contribution is 5.89. The summed E-state index contributed by atoms with van der Waals surface area (Å²) < 4.78 is 50.3. The summed E-state index contributed by atoms with van der Waals surface area (Å²) >= 11 is 0. The van der Waals surface area contributed by atoms with Crippen LogP contribution in [0.1, 0.15) is 77.3 Å². The number of rotatable bonds is 2. The molecule has 2 unspecified atom stereocenters. The smallest absolute Gasteiger partial charge is 0.408 e. The number of benzene rings is 1. The number of amides is 2. The Kier molecular flexibility index (Phi) is 8.42. The van der Waals surface area contributed by atoms with Gasteiger partial charge in [-0.1, -0.05) is 34.1 Å². The average Bonchev–Trinajstić information content (AvgIpc) is 3.57. The number of hydrogen-bond donors (Lipinski definition) is 1. The van der Waals surface area contributed by atoms with E-state index in [1.165, 1.54) is 12.0 Å². The molecule has 2 aliphatic carbocycles. The van der Waals surface area contributed by atoms with Gasteiger partial charge in [0.2, 0.25) is 11.8 Å². The molecule has 4 aliphatic rings. The van der Waals surface area contributed by atoms with Gasteiger partial charge in [0, 0.05) is 23.8 Å². The van der Waals surface area contributed by atoms with E-state index in [4.69, 9.17) is 14.2 Å². The summed E-state index contributed by atoms with van der Waals surface area (Å²) in [4.78, 5) is 45.8. The Morgan fingerprint density at radius 2 is 1.87 bits per heavy atom. The van der Waals surface area contributed by atoms with Crippen molar-refractivity contribution in [1.82, 2.24) is 15.2 Å². The molecule has 2 aromatic rings. The minimum absolute atomic E-state index is 0.0390. The number of carbonyl (C=O) groups excluding carboxylic acids is 3. The summed E-state index contributed by atoms with van der Waals surface area (Å²) in [7, 11) is 1.52.